The van der Waals surface area contributed by atoms with Gasteiger partial charge in [-0.1, -0.05) is 85.2 Å². The summed E-state index contributed by atoms with van der Waals surface area (Å²) in [6.45, 7) is 13.7. The monoisotopic (exact) mass is 667 g/mol. The Morgan fingerprint density at radius 3 is 2.29 bits per heavy atom. The van der Waals surface area contributed by atoms with Crippen molar-refractivity contribution in [2.24, 2.45) is 28.6 Å². The number of piperidine rings is 1. The number of hydrogen-bond acceptors (Lipinski definition) is 7. The molecule has 3 fully saturated rings. The Hall–Kier alpha value is -3.96. The maximum absolute atomic E-state index is 14.2. The third-order valence-corrected chi connectivity index (χ3v) is 10.4. The molecule has 7 atom stereocenters. The Morgan fingerprint density at radius 2 is 1.69 bits per heavy atom. The molecule has 0 bridgehead atoms. The van der Waals surface area contributed by atoms with Gasteiger partial charge >= 0.3 is 6.09 Å². The molecule has 1 heterocycles. The highest BCUT2D eigenvalue weighted by atomic mass is 16.6. The quantitative estimate of drug-likeness (QED) is 0.235. The van der Waals surface area contributed by atoms with Gasteiger partial charge in [-0.25, -0.2) is 4.79 Å². The number of ketones is 1. The van der Waals surface area contributed by atoms with E-state index in [4.69, 9.17) is 4.74 Å². The van der Waals surface area contributed by atoms with E-state index in [9.17, 15) is 28.8 Å². The van der Waals surface area contributed by atoms with Crippen LogP contribution in [0.1, 0.15) is 86.1 Å². The van der Waals surface area contributed by atoms with Crippen LogP contribution in [0.15, 0.2) is 30.3 Å². The Bertz CT molecular complexity index is 1370. The highest BCUT2D eigenvalue weighted by molar-refractivity contribution is 6.38. The molecule has 2 saturated carbocycles. The average molecular weight is 668 g/mol. The minimum Gasteiger partial charge on any atom is -0.446 e. The molecule has 0 spiro atoms. The number of ether oxygens (including phenoxy) is 1. The maximum atomic E-state index is 14.2. The summed E-state index contributed by atoms with van der Waals surface area (Å²) in [6.07, 6.45) is 2.60. The highest BCUT2D eigenvalue weighted by Gasteiger charge is 2.70. The molecular weight excluding hydrogens is 614 g/mol. The molecule has 0 aromatic heterocycles. The van der Waals surface area contributed by atoms with Crippen LogP contribution in [-0.2, 0) is 35.3 Å². The molecule has 1 aliphatic heterocycles. The first-order valence-corrected chi connectivity index (χ1v) is 17.3. The Morgan fingerprint density at radius 1 is 1.00 bits per heavy atom. The van der Waals surface area contributed by atoms with E-state index in [1.54, 1.807) is 0 Å². The number of hydrogen-bond donors (Lipinski definition) is 4. The largest absolute Gasteiger partial charge is 0.446 e. The summed E-state index contributed by atoms with van der Waals surface area (Å²) in [5.74, 6) is -3.02. The fourth-order valence-corrected chi connectivity index (χ4v) is 7.28. The zero-order valence-corrected chi connectivity index (χ0v) is 29.4. The number of nitrogens with zero attached hydrogens (tertiary/aromatic N) is 1. The van der Waals surface area contributed by atoms with Crippen LogP contribution in [0.2, 0.25) is 0 Å². The minimum atomic E-state index is -1.13. The van der Waals surface area contributed by atoms with Gasteiger partial charge in [0, 0.05) is 13.1 Å². The fourth-order valence-electron chi connectivity index (χ4n) is 7.28. The van der Waals surface area contributed by atoms with Gasteiger partial charge in [0.1, 0.15) is 18.2 Å². The number of alkyl carbamates (subject to hydrolysis) is 1. The molecule has 12 heteroatoms. The number of carbonyl (C=O) groups is 6. The van der Waals surface area contributed by atoms with Crippen LogP contribution in [0, 0.1) is 28.6 Å². The lowest BCUT2D eigenvalue weighted by molar-refractivity contribution is -0.145. The van der Waals surface area contributed by atoms with Crippen molar-refractivity contribution in [3.63, 3.8) is 0 Å². The molecule has 4 N–H and O–H groups in total. The van der Waals surface area contributed by atoms with E-state index < -0.39 is 59.7 Å². The van der Waals surface area contributed by atoms with E-state index in [1.807, 2.05) is 65.0 Å². The van der Waals surface area contributed by atoms with Gasteiger partial charge in [-0.2, -0.15) is 0 Å². The second-order valence-corrected chi connectivity index (χ2v) is 15.3. The lowest BCUT2D eigenvalue weighted by atomic mass is 9.85. The van der Waals surface area contributed by atoms with Crippen LogP contribution >= 0.6 is 0 Å². The van der Waals surface area contributed by atoms with Crippen molar-refractivity contribution in [3.8, 4) is 0 Å². The van der Waals surface area contributed by atoms with E-state index in [-0.39, 0.29) is 48.1 Å². The van der Waals surface area contributed by atoms with Crippen LogP contribution in [0.3, 0.4) is 0 Å². The molecule has 48 heavy (non-hydrogen) atoms. The number of rotatable bonds is 13. The van der Waals surface area contributed by atoms with Crippen molar-refractivity contribution in [2.75, 3.05) is 13.1 Å². The van der Waals surface area contributed by atoms with Gasteiger partial charge in [0.25, 0.3) is 5.91 Å². The summed E-state index contributed by atoms with van der Waals surface area (Å²) in [4.78, 5) is 81.0. The van der Waals surface area contributed by atoms with Crippen LogP contribution in [-0.4, -0.2) is 77.7 Å². The van der Waals surface area contributed by atoms with Gasteiger partial charge in [-0.15, -0.1) is 0 Å². The van der Waals surface area contributed by atoms with Crippen LogP contribution < -0.4 is 21.3 Å². The van der Waals surface area contributed by atoms with Crippen molar-refractivity contribution >= 4 is 35.5 Å². The van der Waals surface area contributed by atoms with Gasteiger partial charge in [-0.05, 0) is 59.8 Å². The first-order valence-electron chi connectivity index (χ1n) is 17.3. The number of fused-ring (bicyclic) bond motifs is 1. The molecule has 264 valence electrons. The van der Waals surface area contributed by atoms with E-state index in [2.05, 4.69) is 35.1 Å². The lowest BCUT2D eigenvalue weighted by Gasteiger charge is -2.38. The number of benzene rings is 1. The second-order valence-electron chi connectivity index (χ2n) is 15.3. The van der Waals surface area contributed by atoms with E-state index in [0.717, 1.165) is 24.8 Å². The molecule has 3 aliphatic rings. The summed E-state index contributed by atoms with van der Waals surface area (Å²) in [5, 5.41) is 10.6. The van der Waals surface area contributed by atoms with Gasteiger partial charge in [-0.3, -0.25) is 24.0 Å². The normalized spacial score (nSPS) is 25.2. The second kappa shape index (κ2) is 15.1. The Kier molecular flexibility index (Phi) is 11.6. The van der Waals surface area contributed by atoms with Crippen molar-refractivity contribution < 1.29 is 33.5 Å². The first kappa shape index (κ1) is 36.9. The summed E-state index contributed by atoms with van der Waals surface area (Å²) < 4.78 is 5.70. The number of carbonyl (C=O) groups excluding carboxylic acids is 6. The molecule has 12 nitrogen and oxygen atoms in total. The molecule has 5 unspecified atom stereocenters. The van der Waals surface area contributed by atoms with Crippen LogP contribution in [0.5, 0.6) is 0 Å². The Balaban J connectivity index is 1.41. The zero-order chi connectivity index (χ0) is 35.4. The van der Waals surface area contributed by atoms with Gasteiger partial charge in [0.05, 0.1) is 12.6 Å². The lowest BCUT2D eigenvalue weighted by Crippen LogP contribution is -2.60. The van der Waals surface area contributed by atoms with Crippen molar-refractivity contribution in [2.45, 2.75) is 111 Å². The highest BCUT2D eigenvalue weighted by Crippen LogP contribution is 2.65. The number of amides is 5. The SMILES string of the molecule is CCCC(NC(=O)[C@@H]1C2C(CN1C(=O)[C@@H](NC(=O)OC1CCCC1C)C(C)(C)C)C2(C)C)C(=O)C(=O)NCC(=O)NCc1ccccc1. The predicted octanol–water partition coefficient (Wildman–Crippen LogP) is 3.09. The third-order valence-electron chi connectivity index (χ3n) is 10.4. The molecule has 1 aromatic carbocycles. The number of nitrogens with one attached hydrogen (secondary N) is 4. The van der Waals surface area contributed by atoms with Crippen LogP contribution in [0.25, 0.3) is 0 Å². The fraction of sp³-hybridized carbons (Fsp3) is 0.667. The molecule has 0 radical (unpaired) electrons. The van der Waals surface area contributed by atoms with Crippen molar-refractivity contribution in [3.05, 3.63) is 35.9 Å². The molecule has 1 saturated heterocycles. The molecule has 2 aliphatic carbocycles. The zero-order valence-electron chi connectivity index (χ0n) is 29.4. The number of Topliss-reactive ketones (excluding diaryl/α,β-unsaturated/α-hetero) is 1. The van der Waals surface area contributed by atoms with E-state index >= 15 is 0 Å². The topological polar surface area (TPSA) is 163 Å². The molecule has 1 aromatic rings. The molecule has 4 rings (SSSR count). The van der Waals surface area contributed by atoms with E-state index in [0.29, 0.717) is 13.0 Å². The molecular formula is C36H53N5O7. The summed E-state index contributed by atoms with van der Waals surface area (Å²) >= 11 is 0. The van der Waals surface area contributed by atoms with E-state index in [1.165, 1.54) is 4.90 Å². The maximum Gasteiger partial charge on any atom is 0.408 e. The standard InChI is InChI=1S/C36H53N5O7/c1-8-13-24(29(43)32(45)38-19-26(42)37-18-22-15-10-9-11-16-22)39-31(44)28-27-23(36(27,6)7)20-41(28)33(46)30(35(3,4)5)40-34(47)48-25-17-12-14-21(25)2/h9-11,15-16,21,23-25,27-28,30H,8,12-14,17-20H2,1-7H3,(H,37,42)(H,38,45)(H,39,44)(H,40,47)/t21?,23?,24?,25?,27?,28-,30+/m0/s1. The van der Waals surface area contributed by atoms with Gasteiger partial charge < -0.3 is 30.9 Å². The smallest absolute Gasteiger partial charge is 0.408 e. The van der Waals surface area contributed by atoms with Gasteiger partial charge in [0.2, 0.25) is 23.5 Å². The molecule has 5 amide bonds. The van der Waals surface area contributed by atoms with Crippen molar-refractivity contribution in [1.29, 1.82) is 0 Å². The summed E-state index contributed by atoms with van der Waals surface area (Å²) in [5.41, 5.74) is 0.00515. The minimum absolute atomic E-state index is 0.0714. The predicted molar refractivity (Wildman–Crippen MR) is 179 cm³/mol. The summed E-state index contributed by atoms with van der Waals surface area (Å²) in [7, 11) is 0. The average Bonchev–Trinajstić information content (AvgIpc) is 3.36. The summed E-state index contributed by atoms with van der Waals surface area (Å²) in [6, 6.07) is 6.31. The van der Waals surface area contributed by atoms with Crippen LogP contribution in [0.4, 0.5) is 4.79 Å². The van der Waals surface area contributed by atoms with Gasteiger partial charge in [0.15, 0.2) is 0 Å². The number of likely N-dealkylation sites (tertiary alicyclic amines) is 1. The third kappa shape index (κ3) is 8.54. The first-order chi connectivity index (χ1) is 22.6. The Labute approximate surface area is 283 Å². The van der Waals surface area contributed by atoms with Crippen molar-refractivity contribution in [1.82, 2.24) is 26.2 Å².